The maximum atomic E-state index is 12.8. The molecular weight excluding hydrogens is 392 g/mol. The number of halogens is 7. The fraction of sp³-hybridized carbons (Fsp3) is 0.231. The van der Waals surface area contributed by atoms with Crippen molar-refractivity contribution in [3.63, 3.8) is 0 Å². The van der Waals surface area contributed by atoms with Gasteiger partial charge in [0.25, 0.3) is 0 Å². The quantitative estimate of drug-likeness (QED) is 0.746. The van der Waals surface area contributed by atoms with Gasteiger partial charge in [0, 0.05) is 12.4 Å². The van der Waals surface area contributed by atoms with Gasteiger partial charge in [0.2, 0.25) is 0 Å². The predicted molar refractivity (Wildman–Crippen MR) is 73.5 cm³/mol. The molecule has 0 spiro atoms. The number of pyridine rings is 2. The second-order valence-corrected chi connectivity index (χ2v) is 5.26. The molecule has 0 fully saturated rings. The van der Waals surface area contributed by atoms with Gasteiger partial charge < -0.3 is 5.32 Å². The molecule has 0 aliphatic heterocycles. The lowest BCUT2D eigenvalue weighted by atomic mass is 10.2. The highest BCUT2D eigenvalue weighted by atomic mass is 79.9. The zero-order valence-corrected chi connectivity index (χ0v) is 12.7. The number of alkyl halides is 6. The Morgan fingerprint density at radius 2 is 1.74 bits per heavy atom. The first-order valence-corrected chi connectivity index (χ1v) is 6.86. The van der Waals surface area contributed by atoms with E-state index < -0.39 is 23.5 Å². The van der Waals surface area contributed by atoms with E-state index in [4.69, 9.17) is 0 Å². The van der Waals surface area contributed by atoms with E-state index in [1.165, 1.54) is 6.20 Å². The second kappa shape index (κ2) is 6.34. The highest BCUT2D eigenvalue weighted by Crippen LogP contribution is 2.34. The Balaban J connectivity index is 2.20. The van der Waals surface area contributed by atoms with Crippen molar-refractivity contribution < 1.29 is 26.3 Å². The molecule has 0 saturated carbocycles. The van der Waals surface area contributed by atoms with Crippen LogP contribution in [0.2, 0.25) is 0 Å². The minimum atomic E-state index is -4.57. The van der Waals surface area contributed by atoms with Gasteiger partial charge in [-0.1, -0.05) is 0 Å². The summed E-state index contributed by atoms with van der Waals surface area (Å²) in [5.41, 5.74) is -2.17. The molecule has 23 heavy (non-hydrogen) atoms. The first kappa shape index (κ1) is 17.5. The molecule has 0 atom stereocenters. The minimum Gasteiger partial charge on any atom is -0.363 e. The van der Waals surface area contributed by atoms with Crippen LogP contribution in [0, 0.1) is 0 Å². The van der Waals surface area contributed by atoms with Gasteiger partial charge in [-0.25, -0.2) is 4.98 Å². The van der Waals surface area contributed by atoms with E-state index in [1.54, 1.807) is 0 Å². The van der Waals surface area contributed by atoms with Crippen molar-refractivity contribution in [1.29, 1.82) is 0 Å². The molecule has 0 saturated heterocycles. The summed E-state index contributed by atoms with van der Waals surface area (Å²) >= 11 is 2.90. The molecule has 0 aromatic carbocycles. The summed E-state index contributed by atoms with van der Waals surface area (Å²) in [6.45, 7) is -0.341. The van der Waals surface area contributed by atoms with Crippen LogP contribution in [-0.2, 0) is 18.9 Å². The van der Waals surface area contributed by atoms with E-state index in [9.17, 15) is 26.3 Å². The summed E-state index contributed by atoms with van der Waals surface area (Å²) < 4.78 is 76.0. The van der Waals surface area contributed by atoms with Crippen molar-refractivity contribution in [3.05, 3.63) is 51.9 Å². The number of rotatable bonds is 3. The van der Waals surface area contributed by atoms with Crippen LogP contribution < -0.4 is 5.32 Å². The zero-order chi connectivity index (χ0) is 17.3. The van der Waals surface area contributed by atoms with Gasteiger partial charge in [-0.3, -0.25) is 4.98 Å². The number of nitrogens with one attached hydrogen (secondary N) is 1. The Labute approximate surface area is 134 Å². The normalized spacial score (nSPS) is 12.3. The van der Waals surface area contributed by atoms with Gasteiger partial charge in [-0.2, -0.15) is 26.3 Å². The van der Waals surface area contributed by atoms with Gasteiger partial charge >= 0.3 is 12.4 Å². The molecule has 2 heterocycles. The summed E-state index contributed by atoms with van der Waals surface area (Å²) in [5, 5.41) is 2.53. The average Bonchev–Trinajstić information content (AvgIpc) is 2.44. The fourth-order valence-electron chi connectivity index (χ4n) is 1.73. The Morgan fingerprint density at radius 3 is 2.30 bits per heavy atom. The second-order valence-electron chi connectivity index (χ2n) is 4.40. The molecule has 0 amide bonds. The molecule has 124 valence electrons. The Bertz CT molecular complexity index is 699. The van der Waals surface area contributed by atoms with Crippen molar-refractivity contribution in [3.8, 4) is 0 Å². The molecular formula is C13H8BrF6N3. The van der Waals surface area contributed by atoms with Crippen molar-refractivity contribution in [2.75, 3.05) is 5.32 Å². The monoisotopic (exact) mass is 399 g/mol. The molecule has 0 unspecified atom stereocenters. The first-order chi connectivity index (χ1) is 10.6. The molecule has 0 bridgehead atoms. The summed E-state index contributed by atoms with van der Waals surface area (Å²) in [6, 6.07) is 2.82. The first-order valence-electron chi connectivity index (χ1n) is 6.06. The summed E-state index contributed by atoms with van der Waals surface area (Å²) in [6.07, 6.45) is -7.34. The van der Waals surface area contributed by atoms with Gasteiger partial charge in [0.15, 0.2) is 0 Å². The third-order valence-corrected chi connectivity index (χ3v) is 3.39. The topological polar surface area (TPSA) is 37.8 Å². The lowest BCUT2D eigenvalue weighted by Gasteiger charge is -2.14. The van der Waals surface area contributed by atoms with Crippen LogP contribution in [0.5, 0.6) is 0 Å². The molecule has 2 aromatic rings. The van der Waals surface area contributed by atoms with Crippen molar-refractivity contribution in [2.24, 2.45) is 0 Å². The van der Waals surface area contributed by atoms with Gasteiger partial charge in [-0.05, 0) is 34.1 Å². The van der Waals surface area contributed by atoms with E-state index in [0.717, 1.165) is 18.2 Å². The van der Waals surface area contributed by atoms with E-state index in [-0.39, 0.29) is 22.5 Å². The Kier molecular flexibility index (Phi) is 4.83. The molecule has 0 aliphatic rings. The van der Waals surface area contributed by atoms with E-state index in [1.807, 2.05) is 0 Å². The van der Waals surface area contributed by atoms with Crippen molar-refractivity contribution in [1.82, 2.24) is 9.97 Å². The Morgan fingerprint density at radius 1 is 1.04 bits per heavy atom. The number of anilines is 1. The smallest absolute Gasteiger partial charge is 0.363 e. The summed E-state index contributed by atoms with van der Waals surface area (Å²) in [4.78, 5) is 7.21. The minimum absolute atomic E-state index is 0.0168. The van der Waals surface area contributed by atoms with Gasteiger partial charge in [0.05, 0.1) is 27.8 Å². The van der Waals surface area contributed by atoms with Crippen LogP contribution in [0.4, 0.5) is 32.2 Å². The maximum absolute atomic E-state index is 12.8. The van der Waals surface area contributed by atoms with Gasteiger partial charge in [-0.15, -0.1) is 0 Å². The third-order valence-electron chi connectivity index (χ3n) is 2.79. The van der Waals surface area contributed by atoms with Crippen molar-refractivity contribution >= 4 is 21.7 Å². The molecule has 10 heteroatoms. The highest BCUT2D eigenvalue weighted by molar-refractivity contribution is 9.10. The lowest BCUT2D eigenvalue weighted by Crippen LogP contribution is -2.14. The number of nitrogens with zero attached hydrogens (tertiary/aromatic N) is 2. The lowest BCUT2D eigenvalue weighted by molar-refractivity contribution is -0.139. The standard InChI is InChI=1S/C13H8BrF6N3/c14-9-4-7(12(15,16)17)5-22-11(9)23-6-10-8(13(18,19)20)2-1-3-21-10/h1-5H,6H2,(H,22,23). The summed E-state index contributed by atoms with van der Waals surface area (Å²) in [5.74, 6) is -0.0169. The van der Waals surface area contributed by atoms with Crippen LogP contribution >= 0.6 is 15.9 Å². The van der Waals surface area contributed by atoms with E-state index in [2.05, 4.69) is 31.2 Å². The molecule has 1 N–H and O–H groups in total. The zero-order valence-electron chi connectivity index (χ0n) is 11.1. The van der Waals surface area contributed by atoms with Crippen LogP contribution in [0.15, 0.2) is 35.1 Å². The molecule has 3 nitrogen and oxygen atoms in total. The highest BCUT2D eigenvalue weighted by Gasteiger charge is 2.34. The molecule has 0 radical (unpaired) electrons. The summed E-state index contributed by atoms with van der Waals surface area (Å²) in [7, 11) is 0. The maximum Gasteiger partial charge on any atom is 0.418 e. The SMILES string of the molecule is FC(F)(F)c1cnc(NCc2ncccc2C(F)(F)F)c(Br)c1. The largest absolute Gasteiger partial charge is 0.418 e. The third kappa shape index (κ3) is 4.34. The van der Waals surface area contributed by atoms with Crippen LogP contribution in [0.25, 0.3) is 0 Å². The van der Waals surface area contributed by atoms with Gasteiger partial charge in [0.1, 0.15) is 5.82 Å². The molecule has 2 rings (SSSR count). The number of aromatic nitrogens is 2. The Hall–Kier alpha value is -1.84. The predicted octanol–water partition coefficient (Wildman–Crippen LogP) is 4.89. The van der Waals surface area contributed by atoms with Crippen molar-refractivity contribution in [2.45, 2.75) is 18.9 Å². The van der Waals surface area contributed by atoms with Crippen LogP contribution in [-0.4, -0.2) is 9.97 Å². The average molecular weight is 400 g/mol. The molecule has 0 aliphatic carbocycles. The van der Waals surface area contributed by atoms with Crippen LogP contribution in [0.1, 0.15) is 16.8 Å². The fourth-order valence-corrected chi connectivity index (χ4v) is 2.22. The number of hydrogen-bond donors (Lipinski definition) is 1. The van der Waals surface area contributed by atoms with E-state index in [0.29, 0.717) is 6.20 Å². The van der Waals surface area contributed by atoms with E-state index >= 15 is 0 Å². The molecule has 2 aromatic heterocycles. The van der Waals surface area contributed by atoms with Crippen LogP contribution in [0.3, 0.4) is 0 Å². The number of hydrogen-bond acceptors (Lipinski definition) is 3.